The topological polar surface area (TPSA) is 58.9 Å². The molecule has 0 bridgehead atoms. The maximum atomic E-state index is 11.0. The van der Waals surface area contributed by atoms with Gasteiger partial charge in [0.05, 0.1) is 30.0 Å². The molecule has 0 aromatic heterocycles. The van der Waals surface area contributed by atoms with Crippen LogP contribution >= 0.6 is 0 Å². The van der Waals surface area contributed by atoms with Crippen molar-refractivity contribution in [2.24, 2.45) is 5.92 Å². The molecule has 0 amide bonds. The van der Waals surface area contributed by atoms with Gasteiger partial charge in [0.25, 0.3) is 0 Å². The lowest BCUT2D eigenvalue weighted by atomic mass is 9.67. The Morgan fingerprint density at radius 3 is 2.70 bits per heavy atom. The summed E-state index contributed by atoms with van der Waals surface area (Å²) >= 11 is 0. The molecule has 1 aliphatic carbocycles. The van der Waals surface area contributed by atoms with Gasteiger partial charge >= 0.3 is 0 Å². The number of hydrogen-bond donors (Lipinski definition) is 2. The molecule has 1 saturated carbocycles. The van der Waals surface area contributed by atoms with E-state index >= 15 is 0 Å². The highest BCUT2D eigenvalue weighted by Gasteiger charge is 2.63. The summed E-state index contributed by atoms with van der Waals surface area (Å²) < 4.78 is 11.8. The normalized spacial score (nSPS) is 44.2. The number of ether oxygens (including phenoxy) is 2. The predicted octanol–water partition coefficient (Wildman–Crippen LogP) is 2.04. The van der Waals surface area contributed by atoms with Gasteiger partial charge in [-0.3, -0.25) is 0 Å². The third-order valence-corrected chi connectivity index (χ3v) is 5.00. The second kappa shape index (κ2) is 5.76. The van der Waals surface area contributed by atoms with Gasteiger partial charge in [-0.15, -0.1) is 0 Å². The van der Waals surface area contributed by atoms with Gasteiger partial charge in [-0.1, -0.05) is 11.6 Å². The molecule has 0 aromatic carbocycles. The van der Waals surface area contributed by atoms with Crippen LogP contribution in [0.15, 0.2) is 11.6 Å². The molecule has 20 heavy (non-hydrogen) atoms. The summed E-state index contributed by atoms with van der Waals surface area (Å²) in [4.78, 5) is 0. The quantitative estimate of drug-likeness (QED) is 0.776. The van der Waals surface area contributed by atoms with Crippen LogP contribution in [0.4, 0.5) is 0 Å². The van der Waals surface area contributed by atoms with E-state index in [1.807, 2.05) is 20.8 Å². The lowest BCUT2D eigenvalue weighted by molar-refractivity contribution is -0.140. The lowest BCUT2D eigenvalue weighted by Crippen LogP contribution is -2.55. The lowest BCUT2D eigenvalue weighted by Gasteiger charge is -2.44. The van der Waals surface area contributed by atoms with Gasteiger partial charge in [0.15, 0.2) is 0 Å². The SMILES string of the molecule is COC1CCC[C@@]2(CO)OC(CC=C(C)C)[C@@](C)(O)C12. The van der Waals surface area contributed by atoms with Crippen molar-refractivity contribution in [3.8, 4) is 0 Å². The molecule has 2 N–H and O–H groups in total. The van der Waals surface area contributed by atoms with Gasteiger partial charge in [-0.2, -0.15) is 0 Å². The van der Waals surface area contributed by atoms with Crippen LogP contribution in [0.5, 0.6) is 0 Å². The smallest absolute Gasteiger partial charge is 0.0998 e. The van der Waals surface area contributed by atoms with Gasteiger partial charge in [0.2, 0.25) is 0 Å². The molecule has 1 heterocycles. The molecular formula is C16H28O4. The molecular weight excluding hydrogens is 256 g/mol. The summed E-state index contributed by atoms with van der Waals surface area (Å²) in [5.41, 5.74) is -0.418. The monoisotopic (exact) mass is 284 g/mol. The highest BCUT2D eigenvalue weighted by Crippen LogP contribution is 2.52. The van der Waals surface area contributed by atoms with Crippen LogP contribution in [0.2, 0.25) is 0 Å². The molecule has 116 valence electrons. The van der Waals surface area contributed by atoms with Crippen LogP contribution in [0, 0.1) is 5.92 Å². The fourth-order valence-electron chi connectivity index (χ4n) is 4.01. The van der Waals surface area contributed by atoms with Crippen LogP contribution in [0.25, 0.3) is 0 Å². The average Bonchev–Trinajstić information content (AvgIpc) is 2.65. The first-order chi connectivity index (χ1) is 9.37. The van der Waals surface area contributed by atoms with Crippen molar-refractivity contribution in [3.63, 3.8) is 0 Å². The Bertz CT molecular complexity index is 373. The van der Waals surface area contributed by atoms with Crippen LogP contribution < -0.4 is 0 Å². The Labute approximate surface area is 121 Å². The summed E-state index contributed by atoms with van der Waals surface area (Å²) in [6.45, 7) is 5.85. The van der Waals surface area contributed by atoms with Gasteiger partial charge in [0, 0.05) is 13.0 Å². The highest BCUT2D eigenvalue weighted by molar-refractivity contribution is 5.14. The molecule has 0 radical (unpaired) electrons. The minimum absolute atomic E-state index is 0.0531. The molecule has 2 rings (SSSR count). The standard InChI is InChI=1S/C16H28O4/c1-11(2)7-8-13-15(3,18)14-12(19-4)6-5-9-16(14,10-17)20-13/h7,12-14,17-18H,5-6,8-10H2,1-4H3/t12?,13?,14?,15-,16+/m1/s1. The number of hydrogen-bond acceptors (Lipinski definition) is 4. The third-order valence-electron chi connectivity index (χ3n) is 5.00. The van der Waals surface area contributed by atoms with Crippen molar-refractivity contribution >= 4 is 0 Å². The predicted molar refractivity (Wildman–Crippen MR) is 77.5 cm³/mol. The van der Waals surface area contributed by atoms with E-state index in [1.54, 1.807) is 7.11 Å². The van der Waals surface area contributed by atoms with E-state index in [-0.39, 0.29) is 24.7 Å². The van der Waals surface area contributed by atoms with Crippen LogP contribution in [0.1, 0.15) is 46.5 Å². The molecule has 4 nitrogen and oxygen atoms in total. The van der Waals surface area contributed by atoms with Gasteiger partial charge in [-0.25, -0.2) is 0 Å². The van der Waals surface area contributed by atoms with E-state index in [9.17, 15) is 10.2 Å². The van der Waals surface area contributed by atoms with Gasteiger partial charge in [-0.05, 0) is 46.5 Å². The van der Waals surface area contributed by atoms with E-state index in [1.165, 1.54) is 5.57 Å². The summed E-state index contributed by atoms with van der Waals surface area (Å²) in [6.07, 6.45) is 5.08. The molecule has 2 aliphatic rings. The van der Waals surface area contributed by atoms with Gasteiger partial charge in [0.1, 0.15) is 0 Å². The summed E-state index contributed by atoms with van der Waals surface area (Å²) in [7, 11) is 1.68. The van der Waals surface area contributed by atoms with Crippen molar-refractivity contribution in [1.82, 2.24) is 0 Å². The third kappa shape index (κ3) is 2.54. The van der Waals surface area contributed by atoms with Gasteiger partial charge < -0.3 is 19.7 Å². The minimum Gasteiger partial charge on any atom is -0.393 e. The maximum absolute atomic E-state index is 11.0. The molecule has 1 aliphatic heterocycles. The number of allylic oxidation sites excluding steroid dienone is 1. The van der Waals surface area contributed by atoms with Crippen molar-refractivity contribution in [3.05, 3.63) is 11.6 Å². The summed E-state index contributed by atoms with van der Waals surface area (Å²) in [5, 5.41) is 20.9. The Balaban J connectivity index is 2.30. The van der Waals surface area contributed by atoms with Crippen molar-refractivity contribution in [2.75, 3.05) is 13.7 Å². The van der Waals surface area contributed by atoms with E-state index in [0.29, 0.717) is 6.42 Å². The first-order valence-electron chi connectivity index (χ1n) is 7.54. The van der Waals surface area contributed by atoms with E-state index in [4.69, 9.17) is 9.47 Å². The number of rotatable bonds is 4. The Morgan fingerprint density at radius 2 is 2.15 bits per heavy atom. The molecule has 4 heteroatoms. The molecule has 3 unspecified atom stereocenters. The highest BCUT2D eigenvalue weighted by atomic mass is 16.6. The number of methoxy groups -OCH3 is 1. The molecule has 0 aromatic rings. The van der Waals surface area contributed by atoms with Crippen molar-refractivity contribution in [1.29, 1.82) is 0 Å². The van der Waals surface area contributed by atoms with E-state index < -0.39 is 11.2 Å². The summed E-state index contributed by atoms with van der Waals surface area (Å²) in [6, 6.07) is 0. The molecule has 5 atom stereocenters. The second-order valence-corrected chi connectivity index (χ2v) is 6.72. The first kappa shape index (κ1) is 16.0. The number of aliphatic hydroxyl groups is 2. The average molecular weight is 284 g/mol. The number of aliphatic hydroxyl groups excluding tert-OH is 1. The zero-order valence-corrected chi connectivity index (χ0v) is 13.1. The minimum atomic E-state index is -0.976. The van der Waals surface area contributed by atoms with E-state index in [2.05, 4.69) is 6.08 Å². The maximum Gasteiger partial charge on any atom is 0.0998 e. The van der Waals surface area contributed by atoms with Crippen molar-refractivity contribution in [2.45, 2.75) is 69.9 Å². The zero-order valence-electron chi connectivity index (χ0n) is 13.1. The molecule has 1 saturated heterocycles. The van der Waals surface area contributed by atoms with Crippen LogP contribution in [0.3, 0.4) is 0 Å². The van der Waals surface area contributed by atoms with E-state index in [0.717, 1.165) is 19.3 Å². The fraction of sp³-hybridized carbons (Fsp3) is 0.875. The largest absolute Gasteiger partial charge is 0.393 e. The Kier molecular flexibility index (Phi) is 4.59. The fourth-order valence-corrected chi connectivity index (χ4v) is 4.01. The number of fused-ring (bicyclic) bond motifs is 1. The first-order valence-corrected chi connectivity index (χ1v) is 7.54. The van der Waals surface area contributed by atoms with Crippen LogP contribution in [-0.4, -0.2) is 47.3 Å². The second-order valence-electron chi connectivity index (χ2n) is 6.72. The van der Waals surface area contributed by atoms with Crippen LogP contribution in [-0.2, 0) is 9.47 Å². The Hall–Kier alpha value is -0.420. The molecule has 0 spiro atoms. The molecule has 2 fully saturated rings. The van der Waals surface area contributed by atoms with Crippen molar-refractivity contribution < 1.29 is 19.7 Å². The zero-order chi connectivity index (χ0) is 15.0. The Morgan fingerprint density at radius 1 is 1.45 bits per heavy atom. The summed E-state index contributed by atoms with van der Waals surface area (Å²) in [5.74, 6) is -0.172.